The van der Waals surface area contributed by atoms with Crippen LogP contribution in [-0.4, -0.2) is 85.0 Å². The van der Waals surface area contributed by atoms with Gasteiger partial charge in [0.25, 0.3) is 16.7 Å². The summed E-state index contributed by atoms with van der Waals surface area (Å²) in [6.45, 7) is 21.6. The Hall–Kier alpha value is -5.25. The molecule has 3 N–H and O–H groups in total. The van der Waals surface area contributed by atoms with Gasteiger partial charge in [0, 0.05) is 73.7 Å². The summed E-state index contributed by atoms with van der Waals surface area (Å²) in [5.74, 6) is 3.75. The van der Waals surface area contributed by atoms with Crippen molar-refractivity contribution in [1.82, 2.24) is 44.9 Å². The Labute approximate surface area is 432 Å². The molecule has 0 atom stereocenters. The van der Waals surface area contributed by atoms with Crippen molar-refractivity contribution >= 4 is 46.9 Å². The first-order chi connectivity index (χ1) is 34.6. The zero-order valence-electron chi connectivity index (χ0n) is 42.1. The fourth-order valence-corrected chi connectivity index (χ4v) is 10.4. The van der Waals surface area contributed by atoms with Gasteiger partial charge in [0.2, 0.25) is 17.6 Å². The van der Waals surface area contributed by atoms with Crippen molar-refractivity contribution in [3.8, 4) is 17.6 Å². The number of aryl methyl sites for hydroxylation is 3. The summed E-state index contributed by atoms with van der Waals surface area (Å²) in [4.78, 5) is 70.3. The largest absolute Gasteiger partial charge is 0.477 e. The lowest BCUT2D eigenvalue weighted by Gasteiger charge is -2.27. The lowest BCUT2D eigenvalue weighted by Crippen LogP contribution is -2.27. The van der Waals surface area contributed by atoms with Crippen LogP contribution in [0.15, 0.2) is 66.6 Å². The van der Waals surface area contributed by atoms with Crippen LogP contribution in [0.1, 0.15) is 109 Å². The predicted molar refractivity (Wildman–Crippen MR) is 281 cm³/mol. The molecular weight excluding hydrogens is 986 g/mol. The SMILES string of the molecule is CC.CC.CC.COCc1nccc(C)c1CSc1nc2c(c(=O)[nH]1)CCO2.Cc1ccnc(C2COC2)c1CSc1nc2c(c(=O)[nH]1)CCO2.Cc1ccnc(Cl)c1CSc1nc2c(c(=O)[nH]1)CCO2. The first-order valence-electron chi connectivity index (χ1n) is 23.8. The van der Waals surface area contributed by atoms with Crippen LogP contribution in [0.4, 0.5) is 0 Å². The second-order valence-corrected chi connectivity index (χ2v) is 18.5. The smallest absolute Gasteiger partial charge is 0.258 e. The Morgan fingerprint density at radius 3 is 1.41 bits per heavy atom. The molecule has 71 heavy (non-hydrogen) atoms. The highest BCUT2D eigenvalue weighted by molar-refractivity contribution is 7.98. The van der Waals surface area contributed by atoms with Gasteiger partial charge in [-0.3, -0.25) is 24.4 Å². The van der Waals surface area contributed by atoms with E-state index in [1.807, 2.05) is 79.8 Å². The zero-order chi connectivity index (χ0) is 51.5. The molecule has 0 unspecified atom stereocenters. The normalized spacial score (nSPS) is 13.4. The average molecular weight is 1050 g/mol. The van der Waals surface area contributed by atoms with Crippen LogP contribution in [0, 0.1) is 20.8 Å². The van der Waals surface area contributed by atoms with Crippen LogP contribution in [0.3, 0.4) is 0 Å². The Morgan fingerprint density at radius 2 is 0.986 bits per heavy atom. The summed E-state index contributed by atoms with van der Waals surface area (Å²) < 4.78 is 26.6. The van der Waals surface area contributed by atoms with Gasteiger partial charge in [-0.1, -0.05) is 88.4 Å². The molecular formula is C50H64ClN9O8S3. The number of nitrogens with zero attached hydrogens (tertiary/aromatic N) is 6. The summed E-state index contributed by atoms with van der Waals surface area (Å²) in [6.07, 6.45) is 7.19. The van der Waals surface area contributed by atoms with Crippen LogP contribution < -0.4 is 30.9 Å². The van der Waals surface area contributed by atoms with Gasteiger partial charge in [-0.15, -0.1) is 0 Å². The quantitative estimate of drug-likeness (QED) is 0.0591. The van der Waals surface area contributed by atoms with E-state index in [0.29, 0.717) is 124 Å². The van der Waals surface area contributed by atoms with Gasteiger partial charge < -0.3 is 38.6 Å². The Morgan fingerprint density at radius 1 is 0.592 bits per heavy atom. The summed E-state index contributed by atoms with van der Waals surface area (Å²) in [7, 11) is 1.65. The molecule has 10 rings (SSSR count). The van der Waals surface area contributed by atoms with E-state index in [0.717, 1.165) is 46.9 Å². The van der Waals surface area contributed by atoms with E-state index in [1.54, 1.807) is 19.5 Å². The molecule has 382 valence electrons. The van der Waals surface area contributed by atoms with Crippen LogP contribution >= 0.6 is 46.9 Å². The number of hydrogen-bond donors (Lipinski definition) is 3. The number of nitrogens with one attached hydrogen (secondary N) is 3. The molecule has 0 aromatic carbocycles. The van der Waals surface area contributed by atoms with Crippen molar-refractivity contribution in [2.75, 3.05) is 40.1 Å². The summed E-state index contributed by atoms with van der Waals surface area (Å²) in [5.41, 5.74) is 10.3. The lowest BCUT2D eigenvalue weighted by atomic mass is 9.97. The molecule has 0 aliphatic carbocycles. The average Bonchev–Trinajstić information content (AvgIpc) is 4.16. The number of ether oxygens (including phenoxy) is 5. The lowest BCUT2D eigenvalue weighted by molar-refractivity contribution is 0.00639. The number of fused-ring (bicyclic) bond motifs is 3. The number of methoxy groups -OCH3 is 1. The third-order valence-corrected chi connectivity index (χ3v) is 14.0. The van der Waals surface area contributed by atoms with Gasteiger partial charge in [-0.2, -0.15) is 15.0 Å². The van der Waals surface area contributed by atoms with E-state index in [-0.39, 0.29) is 16.7 Å². The Bertz CT molecular complexity index is 2860. The van der Waals surface area contributed by atoms with E-state index in [9.17, 15) is 14.4 Å². The van der Waals surface area contributed by atoms with Crippen molar-refractivity contribution < 1.29 is 23.7 Å². The minimum absolute atomic E-state index is 0.0921. The highest BCUT2D eigenvalue weighted by Gasteiger charge is 2.26. The number of halogens is 1. The van der Waals surface area contributed by atoms with Crippen LogP contribution in [0.5, 0.6) is 17.6 Å². The first kappa shape index (κ1) is 56.7. The topological polar surface area (TPSA) is 222 Å². The predicted octanol–water partition coefficient (Wildman–Crippen LogP) is 9.09. The third kappa shape index (κ3) is 14.9. The molecule has 0 amide bonds. The van der Waals surface area contributed by atoms with Gasteiger partial charge in [-0.05, 0) is 66.8 Å². The molecule has 0 bridgehead atoms. The highest BCUT2D eigenvalue weighted by Crippen LogP contribution is 2.33. The van der Waals surface area contributed by atoms with Crippen LogP contribution in [0.25, 0.3) is 0 Å². The minimum Gasteiger partial charge on any atom is -0.477 e. The molecule has 1 fully saturated rings. The number of rotatable bonds is 12. The summed E-state index contributed by atoms with van der Waals surface area (Å²) >= 11 is 10.5. The number of pyridine rings is 3. The van der Waals surface area contributed by atoms with E-state index < -0.39 is 0 Å². The van der Waals surface area contributed by atoms with Crippen molar-refractivity contribution in [3.05, 3.63) is 134 Å². The molecule has 0 spiro atoms. The summed E-state index contributed by atoms with van der Waals surface area (Å²) in [6, 6.07) is 5.89. The molecule has 10 heterocycles. The molecule has 21 heteroatoms. The monoisotopic (exact) mass is 1050 g/mol. The zero-order valence-corrected chi connectivity index (χ0v) is 45.3. The molecule has 4 aliphatic rings. The fraction of sp³-hybridized carbons (Fsp3) is 0.460. The molecule has 17 nitrogen and oxygen atoms in total. The standard InChI is InChI=1S/C16H17N3O3S.C15H17N3O3S.C13H12ClN3O2S.3C2H6/c1-9-2-4-17-13(10-6-21-7-10)12(9)8-23-16-18-14(20)11-3-5-22-15(11)19-16;1-9-3-5-16-12(7-20-2)11(9)8-22-15-17-13(19)10-4-6-21-14(10)18-15;1-7-2-4-15-10(14)9(7)6-20-13-16-11(18)8-3-5-19-12(8)17-13;3*1-2/h2,4,10H,3,5-8H2,1H3,(H,18,19,20);3,5H,4,6-8H2,1-2H3,(H,17,18,19);2,4H,3,5-6H2,1H3,(H,16,17,18);3*1-2H3. The van der Waals surface area contributed by atoms with Crippen molar-refractivity contribution in [2.45, 2.75) is 127 Å². The fourth-order valence-electron chi connectivity index (χ4n) is 7.14. The van der Waals surface area contributed by atoms with Crippen LogP contribution in [-0.2, 0) is 52.6 Å². The number of aromatic amines is 3. The van der Waals surface area contributed by atoms with Crippen molar-refractivity contribution in [1.29, 1.82) is 0 Å². The van der Waals surface area contributed by atoms with E-state index in [2.05, 4.69) is 51.8 Å². The molecule has 0 radical (unpaired) electrons. The summed E-state index contributed by atoms with van der Waals surface area (Å²) in [5, 5.41) is 2.18. The number of hydrogen-bond acceptors (Lipinski definition) is 17. The van der Waals surface area contributed by atoms with Gasteiger partial charge in [0.1, 0.15) is 5.15 Å². The van der Waals surface area contributed by atoms with Gasteiger partial charge in [-0.25, -0.2) is 4.98 Å². The number of H-pyrrole nitrogens is 3. The first-order valence-corrected chi connectivity index (χ1v) is 27.1. The van der Waals surface area contributed by atoms with E-state index >= 15 is 0 Å². The van der Waals surface area contributed by atoms with E-state index in [4.69, 9.17) is 35.3 Å². The van der Waals surface area contributed by atoms with Crippen molar-refractivity contribution in [2.24, 2.45) is 0 Å². The minimum atomic E-state index is -0.121. The number of aromatic nitrogens is 9. The maximum atomic E-state index is 12.0. The molecule has 4 aliphatic heterocycles. The van der Waals surface area contributed by atoms with Crippen molar-refractivity contribution in [3.63, 3.8) is 0 Å². The molecule has 6 aromatic rings. The number of thioether (sulfide) groups is 3. The van der Waals surface area contributed by atoms with E-state index in [1.165, 1.54) is 46.4 Å². The van der Waals surface area contributed by atoms with Crippen LogP contribution in [0.2, 0.25) is 5.15 Å². The molecule has 1 saturated heterocycles. The van der Waals surface area contributed by atoms with Gasteiger partial charge in [0.15, 0.2) is 15.5 Å². The molecule has 0 saturated carbocycles. The van der Waals surface area contributed by atoms with Gasteiger partial charge in [0.05, 0.1) is 67.7 Å². The Balaban J connectivity index is 0.000000188. The molecule has 6 aromatic heterocycles. The highest BCUT2D eigenvalue weighted by atomic mass is 35.5. The second-order valence-electron chi connectivity index (χ2n) is 15.2. The second kappa shape index (κ2) is 28.7. The maximum absolute atomic E-state index is 12.0. The third-order valence-electron chi connectivity index (χ3n) is 10.9. The van der Waals surface area contributed by atoms with Gasteiger partial charge >= 0.3 is 0 Å². The Kier molecular flexibility index (Phi) is 22.9. The maximum Gasteiger partial charge on any atom is 0.258 e.